The summed E-state index contributed by atoms with van der Waals surface area (Å²) >= 11 is 6.25. The highest BCUT2D eigenvalue weighted by atomic mass is 35.5. The predicted octanol–water partition coefficient (Wildman–Crippen LogP) is 5.50. The monoisotopic (exact) mass is 584 g/mol. The van der Waals surface area contributed by atoms with Crippen molar-refractivity contribution in [2.75, 3.05) is 6.54 Å². The lowest BCUT2D eigenvalue weighted by Crippen LogP contribution is -2.57. The van der Waals surface area contributed by atoms with Gasteiger partial charge in [-0.2, -0.15) is 0 Å². The molecule has 1 saturated heterocycles. The Labute approximate surface area is 246 Å². The van der Waals surface area contributed by atoms with Gasteiger partial charge in [-0.15, -0.1) is 0 Å². The van der Waals surface area contributed by atoms with Gasteiger partial charge in [0.1, 0.15) is 23.4 Å². The second-order valence-electron chi connectivity index (χ2n) is 13.3. The molecule has 0 radical (unpaired) electrons. The van der Waals surface area contributed by atoms with Crippen LogP contribution in [0.5, 0.6) is 5.88 Å². The lowest BCUT2D eigenvalue weighted by molar-refractivity contribution is -0.141. The Balaban J connectivity index is 1.52. The number of hydrogen-bond donors (Lipinski definition) is 1. The highest BCUT2D eigenvalue weighted by Crippen LogP contribution is 2.49. The minimum absolute atomic E-state index is 0.136. The number of aryl methyl sites for hydroxylation is 1. The molecule has 0 spiro atoms. The molecule has 2 aliphatic heterocycles. The summed E-state index contributed by atoms with van der Waals surface area (Å²) in [6.45, 7) is 11.2. The topological polar surface area (TPSA) is 111 Å². The fraction of sp³-hybridized carbons (Fsp3) is 0.645. The molecule has 41 heavy (non-hydrogen) atoms. The van der Waals surface area contributed by atoms with Gasteiger partial charge in [-0.3, -0.25) is 9.59 Å². The summed E-state index contributed by atoms with van der Waals surface area (Å²) < 4.78 is 12.4. The number of ketones is 1. The van der Waals surface area contributed by atoms with Crippen molar-refractivity contribution in [3.63, 3.8) is 0 Å². The van der Waals surface area contributed by atoms with Crippen LogP contribution in [0.4, 0.5) is 4.79 Å². The number of fused-ring (bicyclic) bond motifs is 5. The van der Waals surface area contributed by atoms with Crippen molar-refractivity contribution < 1.29 is 23.9 Å². The van der Waals surface area contributed by atoms with E-state index in [4.69, 9.17) is 31.0 Å². The molecular formula is C31H41ClN4O5. The van der Waals surface area contributed by atoms with Gasteiger partial charge in [-0.05, 0) is 63.1 Å². The van der Waals surface area contributed by atoms with Gasteiger partial charge in [-0.1, -0.05) is 52.1 Å². The Bertz CT molecular complexity index is 1360. The van der Waals surface area contributed by atoms with Crippen molar-refractivity contribution in [2.24, 2.45) is 17.3 Å². The Hall–Kier alpha value is -2.94. The van der Waals surface area contributed by atoms with Crippen LogP contribution in [0.15, 0.2) is 18.2 Å². The van der Waals surface area contributed by atoms with Crippen LogP contribution in [0.1, 0.15) is 79.3 Å². The van der Waals surface area contributed by atoms with Crippen molar-refractivity contribution in [1.82, 2.24) is 20.2 Å². The number of amides is 2. The van der Waals surface area contributed by atoms with Gasteiger partial charge < -0.3 is 19.7 Å². The first-order valence-electron chi connectivity index (χ1n) is 14.7. The van der Waals surface area contributed by atoms with Crippen molar-refractivity contribution >= 4 is 40.4 Å². The number of rotatable bonds is 1. The van der Waals surface area contributed by atoms with Crippen LogP contribution < -0.4 is 10.1 Å². The summed E-state index contributed by atoms with van der Waals surface area (Å²) in [6, 6.07) is 3.83. The second-order valence-corrected chi connectivity index (χ2v) is 13.8. The van der Waals surface area contributed by atoms with E-state index in [0.29, 0.717) is 28.8 Å². The minimum Gasteiger partial charge on any atom is -0.471 e. The normalized spacial score (nSPS) is 31.2. The van der Waals surface area contributed by atoms with E-state index in [1.54, 1.807) is 17.0 Å². The number of halogens is 1. The molecule has 1 aromatic carbocycles. The average Bonchev–Trinajstić information content (AvgIpc) is 3.39. The molecule has 2 aromatic rings. The highest BCUT2D eigenvalue weighted by Gasteiger charge is 2.54. The molecular weight excluding hydrogens is 544 g/mol. The summed E-state index contributed by atoms with van der Waals surface area (Å²) in [5.41, 5.74) is 0.981. The molecule has 6 atom stereocenters. The van der Waals surface area contributed by atoms with Gasteiger partial charge in [0, 0.05) is 16.9 Å². The fourth-order valence-corrected chi connectivity index (χ4v) is 6.53. The summed E-state index contributed by atoms with van der Waals surface area (Å²) in [4.78, 5) is 51.3. The largest absolute Gasteiger partial charge is 0.471 e. The van der Waals surface area contributed by atoms with Crippen LogP contribution in [0.2, 0.25) is 5.02 Å². The van der Waals surface area contributed by atoms with Gasteiger partial charge >= 0.3 is 6.09 Å². The highest BCUT2D eigenvalue weighted by molar-refractivity contribution is 6.31. The van der Waals surface area contributed by atoms with E-state index in [-0.39, 0.29) is 24.2 Å². The molecule has 10 heteroatoms. The number of nitrogens with one attached hydrogen (secondary N) is 1. The van der Waals surface area contributed by atoms with Crippen LogP contribution >= 0.6 is 11.6 Å². The van der Waals surface area contributed by atoms with Crippen LogP contribution in [-0.4, -0.2) is 63.0 Å². The number of Topliss-reactive ketones (excluding diaryl/α,β-unsaturated/α-hetero) is 1. The maximum atomic E-state index is 14.1. The van der Waals surface area contributed by atoms with E-state index in [0.717, 1.165) is 43.3 Å². The Kier molecular flexibility index (Phi) is 7.96. The number of alkyl carbamates (subject to hydrolysis) is 1. The van der Waals surface area contributed by atoms with Crippen LogP contribution in [0.25, 0.3) is 11.0 Å². The van der Waals surface area contributed by atoms with Crippen LogP contribution in [-0.2, 0) is 20.7 Å². The van der Waals surface area contributed by atoms with E-state index in [1.165, 1.54) is 6.92 Å². The summed E-state index contributed by atoms with van der Waals surface area (Å²) in [5, 5.41) is 3.41. The summed E-state index contributed by atoms with van der Waals surface area (Å²) in [7, 11) is 0. The van der Waals surface area contributed by atoms with Crippen molar-refractivity contribution in [3.8, 4) is 5.88 Å². The zero-order valence-corrected chi connectivity index (χ0v) is 25.6. The zero-order chi connectivity index (χ0) is 29.7. The van der Waals surface area contributed by atoms with Crippen molar-refractivity contribution in [1.29, 1.82) is 0 Å². The standard InChI is InChI=1S/C31H41ClN4O5/c1-17-24-16-36(25(17)18(2)37)28(38)26(30(3,4)5)35-29(39)41-31(6)15-19(31)10-8-7-9-11-22-27(40-24)34-23-14-20(32)12-13-21(23)33-22/h12-14,17,19,24-26H,7-11,15-16H2,1-6H3,(H,35,39)/t17-,19-,24+,25+,26-,31-/m1/s1. The molecule has 0 unspecified atom stereocenters. The molecule has 1 aliphatic carbocycles. The molecule has 1 N–H and O–H groups in total. The lowest BCUT2D eigenvalue weighted by atomic mass is 9.85. The number of carbonyl (C=O) groups excluding carboxylic acids is 3. The van der Waals surface area contributed by atoms with E-state index in [1.807, 2.05) is 40.7 Å². The third-order valence-electron chi connectivity index (χ3n) is 8.94. The SMILES string of the molecule is CC(=O)[C@@H]1[C@H](C)[C@@H]2CN1C(=O)[C@H](C(C)(C)C)NC(=O)O[C@]1(C)C[C@H]1CCCCCc1nc3ccc(Cl)cc3nc1O2. The maximum Gasteiger partial charge on any atom is 0.408 e. The first kappa shape index (κ1) is 29.5. The van der Waals surface area contributed by atoms with Crippen molar-refractivity contribution in [3.05, 3.63) is 28.9 Å². The number of carbonyl (C=O) groups is 3. The molecule has 2 amide bonds. The molecule has 1 saturated carbocycles. The summed E-state index contributed by atoms with van der Waals surface area (Å²) in [5.74, 6) is -0.0618. The van der Waals surface area contributed by atoms with Crippen LogP contribution in [0, 0.1) is 17.3 Å². The summed E-state index contributed by atoms with van der Waals surface area (Å²) in [6.07, 6.45) is 4.29. The first-order chi connectivity index (χ1) is 19.3. The van der Waals surface area contributed by atoms with Gasteiger partial charge in [-0.25, -0.2) is 14.8 Å². The zero-order valence-electron chi connectivity index (χ0n) is 24.8. The van der Waals surface area contributed by atoms with Gasteiger partial charge in [0.05, 0.1) is 23.6 Å². The maximum absolute atomic E-state index is 14.1. The molecule has 222 valence electrons. The smallest absolute Gasteiger partial charge is 0.408 e. The number of nitrogens with zero attached hydrogens (tertiary/aromatic N) is 3. The Morgan fingerprint density at radius 1 is 1.15 bits per heavy atom. The third kappa shape index (κ3) is 6.15. The average molecular weight is 585 g/mol. The molecule has 5 rings (SSSR count). The lowest BCUT2D eigenvalue weighted by Gasteiger charge is -2.35. The molecule has 3 aliphatic rings. The van der Waals surface area contributed by atoms with E-state index in [2.05, 4.69) is 5.32 Å². The quantitative estimate of drug-likeness (QED) is 0.471. The van der Waals surface area contributed by atoms with Crippen molar-refractivity contribution in [2.45, 2.75) is 104 Å². The number of benzene rings is 1. The number of ether oxygens (including phenoxy) is 2. The molecule has 9 nitrogen and oxygen atoms in total. The molecule has 3 heterocycles. The van der Waals surface area contributed by atoms with E-state index < -0.39 is 35.3 Å². The molecule has 2 fully saturated rings. The Morgan fingerprint density at radius 2 is 1.90 bits per heavy atom. The second kappa shape index (κ2) is 11.0. The minimum atomic E-state index is -0.888. The Morgan fingerprint density at radius 3 is 2.61 bits per heavy atom. The van der Waals surface area contributed by atoms with Gasteiger partial charge in [0.2, 0.25) is 11.8 Å². The van der Waals surface area contributed by atoms with Gasteiger partial charge in [0.15, 0.2) is 5.78 Å². The van der Waals surface area contributed by atoms with Gasteiger partial charge in [0.25, 0.3) is 0 Å². The molecule has 2 bridgehead atoms. The van der Waals surface area contributed by atoms with E-state index in [9.17, 15) is 14.4 Å². The fourth-order valence-electron chi connectivity index (χ4n) is 6.37. The van der Waals surface area contributed by atoms with Crippen LogP contribution in [0.3, 0.4) is 0 Å². The number of hydrogen-bond acceptors (Lipinski definition) is 7. The van der Waals surface area contributed by atoms with E-state index >= 15 is 0 Å². The first-order valence-corrected chi connectivity index (χ1v) is 15.1. The predicted molar refractivity (Wildman–Crippen MR) is 156 cm³/mol. The third-order valence-corrected chi connectivity index (χ3v) is 9.18. The number of aromatic nitrogens is 2. The molecule has 1 aromatic heterocycles.